The van der Waals surface area contributed by atoms with Gasteiger partial charge in [0.15, 0.2) is 6.61 Å². The zero-order valence-corrected chi connectivity index (χ0v) is 15.4. The summed E-state index contributed by atoms with van der Waals surface area (Å²) in [6, 6.07) is 3.44. The Morgan fingerprint density at radius 1 is 1.04 bits per heavy atom. The molecule has 25 heavy (non-hydrogen) atoms. The average molecular weight is 366 g/mol. The molecule has 2 aliphatic heterocycles. The molecule has 7 nitrogen and oxygen atoms in total. The minimum atomic E-state index is -3.60. The molecule has 0 N–H and O–H groups in total. The number of benzene rings is 1. The number of ether oxygens (including phenoxy) is 1. The number of carbonyl (C=O) groups excluding carboxylic acids is 2. The smallest absolute Gasteiger partial charge is 0.417 e. The second-order valence-electron chi connectivity index (χ2n) is 6.68. The Hall–Kier alpha value is -1.93. The Kier molecular flexibility index (Phi) is 4.59. The molecule has 0 aliphatic carbocycles. The first-order chi connectivity index (χ1) is 11.7. The summed E-state index contributed by atoms with van der Waals surface area (Å²) in [6.07, 6.45) is 0.213. The first-order valence-corrected chi connectivity index (χ1v) is 9.72. The van der Waals surface area contributed by atoms with Gasteiger partial charge in [0.2, 0.25) is 10.0 Å². The van der Waals surface area contributed by atoms with Gasteiger partial charge in [0, 0.05) is 19.1 Å². The zero-order valence-electron chi connectivity index (χ0n) is 14.6. The fraction of sp³-hybridized carbons (Fsp3) is 0.529. The van der Waals surface area contributed by atoms with Crippen LogP contribution in [0.15, 0.2) is 17.0 Å². The van der Waals surface area contributed by atoms with Gasteiger partial charge in [-0.3, -0.25) is 4.79 Å². The molecule has 0 radical (unpaired) electrons. The number of piperidine rings is 1. The molecule has 136 valence electrons. The number of amides is 2. The van der Waals surface area contributed by atoms with Crippen LogP contribution < -0.4 is 0 Å². The third-order valence-corrected chi connectivity index (χ3v) is 6.98. The van der Waals surface area contributed by atoms with Gasteiger partial charge in [0.05, 0.1) is 4.90 Å². The van der Waals surface area contributed by atoms with E-state index in [9.17, 15) is 18.0 Å². The Morgan fingerprint density at radius 2 is 1.60 bits per heavy atom. The maximum Gasteiger partial charge on any atom is 0.417 e. The van der Waals surface area contributed by atoms with E-state index in [4.69, 9.17) is 4.74 Å². The molecule has 2 fully saturated rings. The van der Waals surface area contributed by atoms with Gasteiger partial charge in [0.25, 0.3) is 5.91 Å². The average Bonchev–Trinajstić information content (AvgIpc) is 2.85. The van der Waals surface area contributed by atoms with Crippen LogP contribution in [-0.2, 0) is 19.6 Å². The molecular weight excluding hydrogens is 344 g/mol. The summed E-state index contributed by atoms with van der Waals surface area (Å²) in [5.41, 5.74) is 2.49. The van der Waals surface area contributed by atoms with Crippen LogP contribution in [0.5, 0.6) is 0 Å². The van der Waals surface area contributed by atoms with Gasteiger partial charge in [-0.2, -0.15) is 4.31 Å². The molecule has 0 spiro atoms. The second-order valence-corrected chi connectivity index (χ2v) is 8.56. The van der Waals surface area contributed by atoms with Crippen molar-refractivity contribution in [1.29, 1.82) is 0 Å². The van der Waals surface area contributed by atoms with Gasteiger partial charge in [-0.1, -0.05) is 17.7 Å². The van der Waals surface area contributed by atoms with Crippen molar-refractivity contribution in [3.8, 4) is 0 Å². The molecule has 0 saturated carbocycles. The van der Waals surface area contributed by atoms with Crippen LogP contribution >= 0.6 is 0 Å². The molecule has 1 aromatic rings. The summed E-state index contributed by atoms with van der Waals surface area (Å²) < 4.78 is 32.3. The minimum Gasteiger partial charge on any atom is -0.439 e. The molecule has 0 atom stereocenters. The van der Waals surface area contributed by atoms with E-state index in [0.717, 1.165) is 21.6 Å². The van der Waals surface area contributed by atoms with E-state index in [-0.39, 0.29) is 31.6 Å². The quantitative estimate of drug-likeness (QED) is 0.814. The maximum absolute atomic E-state index is 13.1. The van der Waals surface area contributed by atoms with Crippen molar-refractivity contribution in [2.75, 3.05) is 19.7 Å². The van der Waals surface area contributed by atoms with Crippen molar-refractivity contribution in [2.24, 2.45) is 0 Å². The van der Waals surface area contributed by atoms with E-state index in [1.54, 1.807) is 13.8 Å². The first-order valence-electron chi connectivity index (χ1n) is 8.28. The fourth-order valence-corrected chi connectivity index (χ4v) is 5.64. The van der Waals surface area contributed by atoms with Crippen LogP contribution in [0.3, 0.4) is 0 Å². The lowest BCUT2D eigenvalue weighted by Crippen LogP contribution is -2.48. The highest BCUT2D eigenvalue weighted by Crippen LogP contribution is 2.29. The molecular formula is C17H22N2O5S. The van der Waals surface area contributed by atoms with E-state index in [0.29, 0.717) is 17.7 Å². The van der Waals surface area contributed by atoms with Crippen molar-refractivity contribution >= 4 is 22.0 Å². The molecule has 0 unspecified atom stereocenters. The molecule has 2 aliphatic rings. The highest BCUT2D eigenvalue weighted by atomic mass is 32.2. The zero-order chi connectivity index (χ0) is 18.4. The second kappa shape index (κ2) is 6.42. The van der Waals surface area contributed by atoms with E-state index in [2.05, 4.69) is 0 Å². The van der Waals surface area contributed by atoms with E-state index in [1.807, 2.05) is 19.1 Å². The third-order valence-electron chi connectivity index (χ3n) is 4.78. The van der Waals surface area contributed by atoms with Gasteiger partial charge in [0.1, 0.15) is 0 Å². The van der Waals surface area contributed by atoms with Crippen LogP contribution in [0.25, 0.3) is 0 Å². The predicted octanol–water partition coefficient (Wildman–Crippen LogP) is 1.74. The summed E-state index contributed by atoms with van der Waals surface area (Å²) in [5, 5.41) is 0. The van der Waals surface area contributed by atoms with Gasteiger partial charge >= 0.3 is 6.09 Å². The van der Waals surface area contributed by atoms with Gasteiger partial charge in [-0.25, -0.2) is 18.1 Å². The molecule has 1 aromatic carbocycles. The van der Waals surface area contributed by atoms with Crippen LogP contribution in [-0.4, -0.2) is 55.4 Å². The number of hydrogen-bond acceptors (Lipinski definition) is 5. The summed E-state index contributed by atoms with van der Waals surface area (Å²) in [6.45, 7) is 5.87. The largest absolute Gasteiger partial charge is 0.439 e. The van der Waals surface area contributed by atoms with Crippen molar-refractivity contribution in [2.45, 2.75) is 44.6 Å². The predicted molar refractivity (Wildman–Crippen MR) is 90.6 cm³/mol. The lowest BCUT2D eigenvalue weighted by Gasteiger charge is -2.34. The van der Waals surface area contributed by atoms with Gasteiger partial charge in [-0.05, 0) is 44.7 Å². The van der Waals surface area contributed by atoms with Crippen molar-refractivity contribution in [3.63, 3.8) is 0 Å². The Labute approximate surface area is 147 Å². The number of imide groups is 1. The standard InChI is InChI=1S/C17H22N2O5S/c1-11-8-12(2)16(13(3)9-11)25(22,23)18-6-4-14(5-7-18)19-15(20)10-24-17(19)21/h8-9,14H,4-7,10H2,1-3H3. The number of cyclic esters (lactones) is 1. The normalized spacial score (nSPS) is 20.2. The Morgan fingerprint density at radius 3 is 2.08 bits per heavy atom. The molecule has 3 rings (SSSR count). The SMILES string of the molecule is Cc1cc(C)c(S(=O)(=O)N2CCC(N3C(=O)COC3=O)CC2)c(C)c1. The van der Waals surface area contributed by atoms with Gasteiger partial charge in [-0.15, -0.1) is 0 Å². The number of rotatable bonds is 3. The van der Waals surface area contributed by atoms with Crippen LogP contribution in [0.2, 0.25) is 0 Å². The number of sulfonamides is 1. The Bertz CT molecular complexity index is 786. The highest BCUT2D eigenvalue weighted by molar-refractivity contribution is 7.89. The summed E-state index contributed by atoms with van der Waals surface area (Å²) in [7, 11) is -3.60. The molecule has 2 amide bonds. The third kappa shape index (κ3) is 3.16. The molecule has 0 aromatic heterocycles. The van der Waals surface area contributed by atoms with Crippen molar-refractivity contribution < 1.29 is 22.7 Å². The Balaban J connectivity index is 1.79. The van der Waals surface area contributed by atoms with Gasteiger partial charge < -0.3 is 4.74 Å². The molecule has 0 bridgehead atoms. The monoisotopic (exact) mass is 366 g/mol. The molecule has 8 heteroatoms. The number of aryl methyl sites for hydroxylation is 3. The number of nitrogens with zero attached hydrogens (tertiary/aromatic N) is 2. The summed E-state index contributed by atoms with van der Waals surface area (Å²) >= 11 is 0. The van der Waals surface area contributed by atoms with Crippen molar-refractivity contribution in [1.82, 2.24) is 9.21 Å². The van der Waals surface area contributed by atoms with Crippen molar-refractivity contribution in [3.05, 3.63) is 28.8 Å². The summed E-state index contributed by atoms with van der Waals surface area (Å²) in [5.74, 6) is -0.350. The van der Waals surface area contributed by atoms with Crippen LogP contribution in [0.1, 0.15) is 29.5 Å². The molecule has 2 saturated heterocycles. The van der Waals surface area contributed by atoms with E-state index in [1.165, 1.54) is 4.31 Å². The number of carbonyl (C=O) groups is 2. The van der Waals surface area contributed by atoms with E-state index < -0.39 is 16.1 Å². The van der Waals surface area contributed by atoms with Crippen LogP contribution in [0, 0.1) is 20.8 Å². The fourth-order valence-electron chi connectivity index (χ4n) is 3.76. The van der Waals surface area contributed by atoms with Crippen LogP contribution in [0.4, 0.5) is 4.79 Å². The maximum atomic E-state index is 13.1. The molecule has 2 heterocycles. The lowest BCUT2D eigenvalue weighted by molar-refractivity contribution is -0.127. The highest BCUT2D eigenvalue weighted by Gasteiger charge is 2.40. The summed E-state index contributed by atoms with van der Waals surface area (Å²) in [4.78, 5) is 24.9. The minimum absolute atomic E-state index is 0.223. The number of hydrogen-bond donors (Lipinski definition) is 0. The topological polar surface area (TPSA) is 84.0 Å². The first kappa shape index (κ1) is 17.9. The van der Waals surface area contributed by atoms with E-state index >= 15 is 0 Å². The lowest BCUT2D eigenvalue weighted by atomic mass is 10.1.